The molecule has 10 heteroatoms. The van der Waals surface area contributed by atoms with Crippen LogP contribution in [0.3, 0.4) is 0 Å². The fourth-order valence-corrected chi connectivity index (χ4v) is 5.13. The minimum absolute atomic E-state index is 0.0375. The smallest absolute Gasteiger partial charge is 0.337 e. The van der Waals surface area contributed by atoms with Crippen molar-refractivity contribution in [3.63, 3.8) is 0 Å². The maximum atomic E-state index is 13.5. The first-order valence-electron chi connectivity index (χ1n) is 12.8. The molecule has 0 saturated heterocycles. The van der Waals surface area contributed by atoms with Crippen LogP contribution in [0.2, 0.25) is 0 Å². The van der Waals surface area contributed by atoms with Crippen molar-refractivity contribution in [3.05, 3.63) is 106 Å². The summed E-state index contributed by atoms with van der Waals surface area (Å²) in [5.41, 5.74) is 1.45. The van der Waals surface area contributed by atoms with E-state index in [-0.39, 0.29) is 51.3 Å². The van der Waals surface area contributed by atoms with Gasteiger partial charge in [0.05, 0.1) is 43.2 Å². The predicted molar refractivity (Wildman–Crippen MR) is 149 cm³/mol. The lowest BCUT2D eigenvalue weighted by Crippen LogP contribution is -2.21. The summed E-state index contributed by atoms with van der Waals surface area (Å²) >= 11 is 0. The molecule has 6 rings (SSSR count). The third-order valence-corrected chi connectivity index (χ3v) is 7.09. The fraction of sp³-hybridized carbons (Fsp3) is 0.125. The average molecular weight is 567 g/mol. The summed E-state index contributed by atoms with van der Waals surface area (Å²) in [5, 5.41) is 10.8. The van der Waals surface area contributed by atoms with E-state index < -0.39 is 29.3 Å². The predicted octanol–water partition coefficient (Wildman–Crippen LogP) is 5.44. The number of benzene rings is 3. The van der Waals surface area contributed by atoms with Crippen LogP contribution in [0.25, 0.3) is 33.4 Å². The SMILES string of the molecule is COC(=O)c1cc(C(=O)OC)cc(-c2ccc([C@H]3CC(=O)Oc4cc(O)c5c(=O)c(-c6ccccc6)coc5c43)o2)c1. The van der Waals surface area contributed by atoms with Crippen molar-refractivity contribution in [2.45, 2.75) is 12.3 Å². The van der Waals surface area contributed by atoms with E-state index in [1.165, 1.54) is 44.7 Å². The van der Waals surface area contributed by atoms with Gasteiger partial charge in [-0.25, -0.2) is 9.59 Å². The number of hydrogen-bond acceptors (Lipinski definition) is 10. The quantitative estimate of drug-likeness (QED) is 0.216. The Hall–Kier alpha value is -5.64. The Morgan fingerprint density at radius 3 is 2.24 bits per heavy atom. The van der Waals surface area contributed by atoms with Crippen molar-refractivity contribution in [1.82, 2.24) is 0 Å². The second-order valence-electron chi connectivity index (χ2n) is 9.57. The minimum Gasteiger partial charge on any atom is -0.507 e. The van der Waals surface area contributed by atoms with Gasteiger partial charge < -0.3 is 28.2 Å². The molecule has 0 spiro atoms. The number of fused-ring (bicyclic) bond motifs is 3. The number of furan rings is 1. The molecule has 1 N–H and O–H groups in total. The highest BCUT2D eigenvalue weighted by Gasteiger charge is 2.35. The van der Waals surface area contributed by atoms with Crippen molar-refractivity contribution in [2.24, 2.45) is 0 Å². The highest BCUT2D eigenvalue weighted by Crippen LogP contribution is 2.46. The maximum Gasteiger partial charge on any atom is 0.337 e. The number of phenols is 1. The van der Waals surface area contributed by atoms with Gasteiger partial charge in [0.15, 0.2) is 0 Å². The van der Waals surface area contributed by atoms with Gasteiger partial charge in [-0.15, -0.1) is 0 Å². The Morgan fingerprint density at radius 1 is 0.881 bits per heavy atom. The fourth-order valence-electron chi connectivity index (χ4n) is 5.13. The first-order chi connectivity index (χ1) is 20.3. The molecule has 210 valence electrons. The molecule has 1 aliphatic rings. The lowest BCUT2D eigenvalue weighted by Gasteiger charge is -2.24. The second kappa shape index (κ2) is 10.4. The van der Waals surface area contributed by atoms with Crippen molar-refractivity contribution >= 4 is 28.9 Å². The lowest BCUT2D eigenvalue weighted by atomic mass is 9.88. The number of carbonyl (C=O) groups is 3. The van der Waals surface area contributed by atoms with Gasteiger partial charge in [0.25, 0.3) is 0 Å². The zero-order chi connectivity index (χ0) is 29.5. The molecular formula is C32H22O10. The molecule has 10 nitrogen and oxygen atoms in total. The zero-order valence-electron chi connectivity index (χ0n) is 22.3. The molecule has 0 bridgehead atoms. The summed E-state index contributed by atoms with van der Waals surface area (Å²) in [5.74, 6) is -2.37. The van der Waals surface area contributed by atoms with Gasteiger partial charge in [-0.1, -0.05) is 30.3 Å². The average Bonchev–Trinajstić information content (AvgIpc) is 3.50. The number of ether oxygens (including phenoxy) is 3. The molecule has 0 saturated carbocycles. The van der Waals surface area contributed by atoms with Crippen molar-refractivity contribution in [3.8, 4) is 33.9 Å². The number of phenolic OH excluding ortho intramolecular Hbond substituents is 1. The topological polar surface area (TPSA) is 142 Å². The molecule has 0 fully saturated rings. The van der Waals surface area contributed by atoms with Crippen LogP contribution in [0, 0.1) is 0 Å². The molecule has 1 atom stereocenters. The van der Waals surface area contributed by atoms with E-state index >= 15 is 0 Å². The molecule has 0 radical (unpaired) electrons. The van der Waals surface area contributed by atoms with Crippen LogP contribution in [-0.2, 0) is 14.3 Å². The molecule has 5 aromatic rings. The molecule has 3 aromatic carbocycles. The third kappa shape index (κ3) is 4.48. The minimum atomic E-state index is -0.743. The summed E-state index contributed by atoms with van der Waals surface area (Å²) in [6.45, 7) is 0. The lowest BCUT2D eigenvalue weighted by molar-refractivity contribution is -0.135. The summed E-state index contributed by atoms with van der Waals surface area (Å²) in [4.78, 5) is 50.7. The Labute approximate surface area is 237 Å². The monoisotopic (exact) mass is 566 g/mol. The van der Waals surface area contributed by atoms with Crippen LogP contribution in [-0.4, -0.2) is 37.2 Å². The number of carbonyl (C=O) groups excluding carboxylic acids is 3. The summed E-state index contributed by atoms with van der Waals surface area (Å²) in [7, 11) is 2.45. The molecule has 3 heterocycles. The summed E-state index contributed by atoms with van der Waals surface area (Å²) < 4.78 is 27.2. The first-order valence-corrected chi connectivity index (χ1v) is 12.8. The number of methoxy groups -OCH3 is 2. The van der Waals surface area contributed by atoms with Crippen LogP contribution < -0.4 is 10.2 Å². The van der Waals surface area contributed by atoms with Gasteiger partial charge in [0.2, 0.25) is 5.43 Å². The second-order valence-corrected chi connectivity index (χ2v) is 9.57. The zero-order valence-corrected chi connectivity index (χ0v) is 22.3. The molecule has 2 aromatic heterocycles. The Balaban J connectivity index is 1.49. The molecule has 42 heavy (non-hydrogen) atoms. The number of rotatable bonds is 5. The van der Waals surface area contributed by atoms with Gasteiger partial charge in [0, 0.05) is 17.2 Å². The van der Waals surface area contributed by atoms with Gasteiger partial charge in [-0.3, -0.25) is 9.59 Å². The van der Waals surface area contributed by atoms with Crippen molar-refractivity contribution in [2.75, 3.05) is 14.2 Å². The van der Waals surface area contributed by atoms with Crippen LogP contribution in [0.15, 0.2) is 86.6 Å². The number of esters is 3. The molecule has 0 unspecified atom stereocenters. The largest absolute Gasteiger partial charge is 0.507 e. The standard InChI is InChI=1S/C32H22O10/c1-38-31(36)18-10-17(11-19(12-18)32(37)39-2)23-8-9-24(41-23)20-13-26(34)42-25-14-22(33)28-29(35)21(15-40-30(28)27(20)25)16-6-4-3-5-7-16/h3-12,14-15,20,33H,13H2,1-2H3/t20-/m1/s1. The van der Waals surface area contributed by atoms with E-state index in [1.54, 1.807) is 36.4 Å². The van der Waals surface area contributed by atoms with Gasteiger partial charge in [0.1, 0.15) is 40.3 Å². The third-order valence-electron chi connectivity index (χ3n) is 7.09. The Bertz CT molecular complexity index is 1910. The van der Waals surface area contributed by atoms with E-state index in [1.807, 2.05) is 6.07 Å². The van der Waals surface area contributed by atoms with E-state index in [2.05, 4.69) is 0 Å². The van der Waals surface area contributed by atoms with E-state index in [4.69, 9.17) is 23.0 Å². The number of hydrogen-bond donors (Lipinski definition) is 1. The highest BCUT2D eigenvalue weighted by atomic mass is 16.5. The van der Waals surface area contributed by atoms with Crippen LogP contribution >= 0.6 is 0 Å². The molecular weight excluding hydrogens is 544 g/mol. The van der Waals surface area contributed by atoms with Gasteiger partial charge in [-0.05, 0) is 35.9 Å². The van der Waals surface area contributed by atoms with Gasteiger partial charge >= 0.3 is 17.9 Å². The highest BCUT2D eigenvalue weighted by molar-refractivity contribution is 5.97. The van der Waals surface area contributed by atoms with Crippen LogP contribution in [0.5, 0.6) is 11.5 Å². The first kappa shape index (κ1) is 26.6. The Morgan fingerprint density at radius 2 is 1.57 bits per heavy atom. The maximum absolute atomic E-state index is 13.5. The molecule has 1 aliphatic heterocycles. The van der Waals surface area contributed by atoms with Crippen LogP contribution in [0.1, 0.15) is 44.4 Å². The van der Waals surface area contributed by atoms with Crippen molar-refractivity contribution in [1.29, 1.82) is 0 Å². The normalized spacial score (nSPS) is 14.2. The summed E-state index contributed by atoms with van der Waals surface area (Å²) in [6.07, 6.45) is 1.17. The number of aromatic hydroxyl groups is 1. The van der Waals surface area contributed by atoms with Crippen molar-refractivity contribution < 1.29 is 42.5 Å². The molecule has 0 aliphatic carbocycles. The molecule has 0 amide bonds. The van der Waals surface area contributed by atoms with E-state index in [0.29, 0.717) is 22.5 Å². The van der Waals surface area contributed by atoms with E-state index in [0.717, 1.165) is 0 Å². The summed E-state index contributed by atoms with van der Waals surface area (Å²) in [6, 6.07) is 17.7. The van der Waals surface area contributed by atoms with Gasteiger partial charge in [-0.2, -0.15) is 0 Å². The van der Waals surface area contributed by atoms with Crippen LogP contribution in [0.4, 0.5) is 0 Å². The Kier molecular flexibility index (Phi) is 6.58. The van der Waals surface area contributed by atoms with E-state index in [9.17, 15) is 24.3 Å².